The molecule has 0 atom stereocenters. The third kappa shape index (κ3) is 6.82. The summed E-state index contributed by atoms with van der Waals surface area (Å²) in [5.41, 5.74) is 0.543. The summed E-state index contributed by atoms with van der Waals surface area (Å²) in [6.45, 7) is -3.01. The molecule has 2 aromatic carbocycles. The molecule has 0 aliphatic rings. The predicted molar refractivity (Wildman–Crippen MR) is 107 cm³/mol. The highest BCUT2D eigenvalue weighted by molar-refractivity contribution is 7.89. The number of hydrogen-bond acceptors (Lipinski definition) is 5. The first-order valence-corrected chi connectivity index (χ1v) is 10.6. The maximum Gasteiger partial charge on any atom is 0.387 e. The smallest absolute Gasteiger partial charge is 0.387 e. The molecule has 30 heavy (non-hydrogen) atoms. The lowest BCUT2D eigenvalue weighted by Crippen LogP contribution is -2.32. The second-order valence-electron chi connectivity index (χ2n) is 6.22. The minimum absolute atomic E-state index is 0.000552. The lowest BCUT2D eigenvalue weighted by molar-refractivity contribution is -0.130. The summed E-state index contributed by atoms with van der Waals surface area (Å²) >= 11 is 5.80. The molecule has 0 aliphatic heterocycles. The predicted octanol–water partition coefficient (Wildman–Crippen LogP) is 3.28. The van der Waals surface area contributed by atoms with Gasteiger partial charge in [-0.1, -0.05) is 23.7 Å². The highest BCUT2D eigenvalue weighted by Gasteiger charge is 2.17. The fourth-order valence-corrected chi connectivity index (χ4v) is 3.90. The van der Waals surface area contributed by atoms with E-state index in [1.54, 1.807) is 12.1 Å². The van der Waals surface area contributed by atoms with Crippen molar-refractivity contribution in [2.75, 3.05) is 20.7 Å². The zero-order valence-electron chi connectivity index (χ0n) is 16.3. The van der Waals surface area contributed by atoms with Crippen LogP contribution in [0.1, 0.15) is 12.0 Å². The van der Waals surface area contributed by atoms with E-state index in [1.807, 2.05) is 0 Å². The third-order valence-electron chi connectivity index (χ3n) is 4.03. The Bertz CT molecular complexity index is 989. The fourth-order valence-electron chi connectivity index (χ4n) is 2.57. The monoisotopic (exact) mass is 462 g/mol. The number of benzene rings is 2. The van der Waals surface area contributed by atoms with Gasteiger partial charge in [0, 0.05) is 31.6 Å². The van der Waals surface area contributed by atoms with E-state index in [-0.39, 0.29) is 46.8 Å². The van der Waals surface area contributed by atoms with Gasteiger partial charge >= 0.3 is 6.61 Å². The summed E-state index contributed by atoms with van der Waals surface area (Å²) in [4.78, 5) is 13.7. The van der Waals surface area contributed by atoms with Crippen LogP contribution in [0.2, 0.25) is 5.02 Å². The molecule has 0 unspecified atom stereocenters. The lowest BCUT2D eigenvalue weighted by Gasteiger charge is -2.19. The molecule has 164 valence electrons. The summed E-state index contributed by atoms with van der Waals surface area (Å²) in [5.74, 6) is -0.334. The molecule has 0 aromatic heterocycles. The van der Waals surface area contributed by atoms with Crippen molar-refractivity contribution in [3.05, 3.63) is 53.1 Å². The van der Waals surface area contributed by atoms with Crippen molar-refractivity contribution in [2.45, 2.75) is 24.5 Å². The Balaban J connectivity index is 1.93. The van der Waals surface area contributed by atoms with Gasteiger partial charge in [0.1, 0.15) is 0 Å². The van der Waals surface area contributed by atoms with E-state index in [2.05, 4.69) is 9.46 Å². The second-order valence-corrected chi connectivity index (χ2v) is 8.42. The van der Waals surface area contributed by atoms with E-state index in [0.29, 0.717) is 5.56 Å². The van der Waals surface area contributed by atoms with Gasteiger partial charge in [0.05, 0.1) is 12.0 Å². The van der Waals surface area contributed by atoms with Crippen molar-refractivity contribution in [3.63, 3.8) is 0 Å². The van der Waals surface area contributed by atoms with E-state index >= 15 is 0 Å². The van der Waals surface area contributed by atoms with E-state index < -0.39 is 16.6 Å². The Labute approximate surface area is 178 Å². The van der Waals surface area contributed by atoms with Gasteiger partial charge in [-0.3, -0.25) is 4.79 Å². The SMILES string of the molecule is COc1ccc(CN(C)C(=O)CCNS(=O)(=O)c2cccc(Cl)c2)cc1OC(F)F. The first kappa shape index (κ1) is 23.8. The zero-order chi connectivity index (χ0) is 22.3. The average molecular weight is 463 g/mol. The van der Waals surface area contributed by atoms with Crippen LogP contribution in [0.5, 0.6) is 11.5 Å². The topological polar surface area (TPSA) is 84.9 Å². The molecule has 2 rings (SSSR count). The average Bonchev–Trinajstić information content (AvgIpc) is 2.67. The van der Waals surface area contributed by atoms with Crippen LogP contribution in [0.4, 0.5) is 8.78 Å². The quantitative estimate of drug-likeness (QED) is 0.585. The van der Waals surface area contributed by atoms with Crippen molar-refractivity contribution in [3.8, 4) is 11.5 Å². The van der Waals surface area contributed by atoms with Gasteiger partial charge in [-0.25, -0.2) is 13.1 Å². The maximum absolute atomic E-state index is 12.5. The summed E-state index contributed by atoms with van der Waals surface area (Å²) in [6, 6.07) is 10.2. The molecule has 11 heteroatoms. The van der Waals surface area contributed by atoms with E-state index in [0.717, 1.165) is 0 Å². The minimum atomic E-state index is -3.79. The molecule has 0 radical (unpaired) electrons. The van der Waals surface area contributed by atoms with Crippen LogP contribution in [-0.4, -0.2) is 46.5 Å². The third-order valence-corrected chi connectivity index (χ3v) is 5.72. The first-order chi connectivity index (χ1) is 14.1. The Kier molecular flexibility index (Phi) is 8.39. The first-order valence-electron chi connectivity index (χ1n) is 8.73. The highest BCUT2D eigenvalue weighted by atomic mass is 35.5. The molecular formula is C19H21ClF2N2O5S. The van der Waals surface area contributed by atoms with Gasteiger partial charge in [-0.2, -0.15) is 8.78 Å². The standard InChI is InChI=1S/C19H21ClF2N2O5S/c1-24(12-13-6-7-16(28-2)17(10-13)29-19(21)22)18(25)8-9-23-30(26,27)15-5-3-4-14(20)11-15/h3-7,10-11,19,23H,8-9,12H2,1-2H3. The van der Waals surface area contributed by atoms with Gasteiger partial charge in [0.25, 0.3) is 0 Å². The second kappa shape index (κ2) is 10.6. The fraction of sp³-hybridized carbons (Fsp3) is 0.316. The van der Waals surface area contributed by atoms with Gasteiger partial charge in [-0.15, -0.1) is 0 Å². The largest absolute Gasteiger partial charge is 0.493 e. The van der Waals surface area contributed by atoms with Gasteiger partial charge < -0.3 is 14.4 Å². The van der Waals surface area contributed by atoms with Crippen molar-refractivity contribution >= 4 is 27.5 Å². The van der Waals surface area contributed by atoms with Crippen LogP contribution in [-0.2, 0) is 21.4 Å². The number of ether oxygens (including phenoxy) is 2. The Morgan fingerprint density at radius 2 is 1.93 bits per heavy atom. The molecule has 1 amide bonds. The molecule has 0 aliphatic carbocycles. The van der Waals surface area contributed by atoms with Gasteiger partial charge in [-0.05, 0) is 35.9 Å². The lowest BCUT2D eigenvalue weighted by atomic mass is 10.2. The molecule has 0 saturated carbocycles. The number of carbonyl (C=O) groups excluding carboxylic acids is 1. The van der Waals surface area contributed by atoms with E-state index in [4.69, 9.17) is 16.3 Å². The molecular weight excluding hydrogens is 442 g/mol. The number of nitrogens with one attached hydrogen (secondary N) is 1. The molecule has 1 N–H and O–H groups in total. The number of halogens is 3. The molecule has 0 saturated heterocycles. The summed E-state index contributed by atoms with van der Waals surface area (Å²) < 4.78 is 61.3. The highest BCUT2D eigenvalue weighted by Crippen LogP contribution is 2.29. The van der Waals surface area contributed by atoms with Crippen LogP contribution in [0.25, 0.3) is 0 Å². The number of alkyl halides is 2. The molecule has 2 aromatic rings. The Morgan fingerprint density at radius 1 is 1.20 bits per heavy atom. The number of nitrogens with zero attached hydrogens (tertiary/aromatic N) is 1. The number of sulfonamides is 1. The molecule has 7 nitrogen and oxygen atoms in total. The summed E-state index contributed by atoms with van der Waals surface area (Å²) in [7, 11) is -0.948. The van der Waals surface area contributed by atoms with Crippen molar-refractivity contribution in [1.29, 1.82) is 0 Å². The van der Waals surface area contributed by atoms with Crippen molar-refractivity contribution < 1.29 is 31.5 Å². The zero-order valence-corrected chi connectivity index (χ0v) is 17.8. The normalized spacial score (nSPS) is 11.4. The van der Waals surface area contributed by atoms with Gasteiger partial charge in [0.15, 0.2) is 11.5 Å². The van der Waals surface area contributed by atoms with Crippen LogP contribution in [0.3, 0.4) is 0 Å². The minimum Gasteiger partial charge on any atom is -0.493 e. The number of hydrogen-bond donors (Lipinski definition) is 1. The van der Waals surface area contributed by atoms with Crippen LogP contribution >= 0.6 is 11.6 Å². The van der Waals surface area contributed by atoms with Crippen LogP contribution < -0.4 is 14.2 Å². The Hall–Kier alpha value is -2.43. The number of rotatable bonds is 10. The Morgan fingerprint density at radius 3 is 2.57 bits per heavy atom. The van der Waals surface area contributed by atoms with E-state index in [1.165, 1.54) is 49.4 Å². The van der Waals surface area contributed by atoms with Crippen LogP contribution in [0, 0.1) is 0 Å². The number of amides is 1. The van der Waals surface area contributed by atoms with Crippen LogP contribution in [0.15, 0.2) is 47.4 Å². The molecule has 0 fully saturated rings. The van der Waals surface area contributed by atoms with Gasteiger partial charge in [0.2, 0.25) is 15.9 Å². The van der Waals surface area contributed by atoms with E-state index in [9.17, 15) is 22.0 Å². The number of methoxy groups -OCH3 is 1. The van der Waals surface area contributed by atoms with Crippen molar-refractivity contribution in [1.82, 2.24) is 9.62 Å². The summed E-state index contributed by atoms with van der Waals surface area (Å²) in [6.07, 6.45) is -0.0904. The maximum atomic E-state index is 12.5. The molecule has 0 bridgehead atoms. The molecule has 0 spiro atoms. The molecule has 0 heterocycles. The number of carbonyl (C=O) groups is 1. The van der Waals surface area contributed by atoms with Crippen molar-refractivity contribution in [2.24, 2.45) is 0 Å². The summed E-state index contributed by atoms with van der Waals surface area (Å²) in [5, 5.41) is 0.281.